The summed E-state index contributed by atoms with van der Waals surface area (Å²) in [6.45, 7) is 0.627. The van der Waals surface area contributed by atoms with Crippen LogP contribution in [0.25, 0.3) is 0 Å². The molecule has 1 aliphatic carbocycles. The molecule has 1 saturated carbocycles. The van der Waals surface area contributed by atoms with Crippen LogP contribution in [0.3, 0.4) is 0 Å². The predicted octanol–water partition coefficient (Wildman–Crippen LogP) is 3.18. The van der Waals surface area contributed by atoms with Gasteiger partial charge in [0.05, 0.1) is 9.82 Å². The van der Waals surface area contributed by atoms with E-state index in [1.165, 1.54) is 31.7 Å². The van der Waals surface area contributed by atoms with Gasteiger partial charge in [-0.3, -0.25) is 14.9 Å². The van der Waals surface area contributed by atoms with Gasteiger partial charge in [0.15, 0.2) is 5.16 Å². The van der Waals surface area contributed by atoms with Crippen molar-refractivity contribution in [3.63, 3.8) is 0 Å². The van der Waals surface area contributed by atoms with E-state index in [-0.39, 0.29) is 11.6 Å². The second-order valence-corrected chi connectivity index (χ2v) is 7.49. The van der Waals surface area contributed by atoms with Gasteiger partial charge in [-0.1, -0.05) is 19.3 Å². The molecule has 0 radical (unpaired) electrons. The van der Waals surface area contributed by atoms with Crippen LogP contribution in [0.5, 0.6) is 0 Å². The van der Waals surface area contributed by atoms with Crippen LogP contribution < -0.4 is 5.32 Å². The quantitative estimate of drug-likeness (QED) is 0.614. The molecule has 1 heterocycles. The molecule has 0 bridgehead atoms. The SMILES string of the molecule is Cn1cnnc1Sc1ccc(C(=O)NCC2CCCCC2)cc1[N+](=O)[O-]. The zero-order valence-corrected chi connectivity index (χ0v) is 15.4. The maximum Gasteiger partial charge on any atom is 0.284 e. The molecular weight excluding hydrogens is 354 g/mol. The summed E-state index contributed by atoms with van der Waals surface area (Å²) >= 11 is 1.15. The van der Waals surface area contributed by atoms with Gasteiger partial charge in [0.1, 0.15) is 6.33 Å². The molecule has 9 heteroatoms. The van der Waals surface area contributed by atoms with Crippen molar-refractivity contribution in [2.45, 2.75) is 42.2 Å². The van der Waals surface area contributed by atoms with Crippen molar-refractivity contribution < 1.29 is 9.72 Å². The van der Waals surface area contributed by atoms with Crippen molar-refractivity contribution in [3.8, 4) is 0 Å². The maximum absolute atomic E-state index is 12.4. The minimum atomic E-state index is -0.476. The third-order valence-corrected chi connectivity index (χ3v) is 5.68. The normalized spacial score (nSPS) is 15.0. The van der Waals surface area contributed by atoms with E-state index in [1.54, 1.807) is 23.7 Å². The summed E-state index contributed by atoms with van der Waals surface area (Å²) in [5.74, 6) is 0.238. The fourth-order valence-electron chi connectivity index (χ4n) is 3.08. The minimum absolute atomic E-state index is 0.108. The fraction of sp³-hybridized carbons (Fsp3) is 0.471. The number of carbonyl (C=O) groups excluding carboxylic acids is 1. The lowest BCUT2D eigenvalue weighted by atomic mass is 9.89. The molecular formula is C17H21N5O3S. The second-order valence-electron chi connectivity index (χ2n) is 6.48. The van der Waals surface area contributed by atoms with Crippen molar-refractivity contribution in [3.05, 3.63) is 40.2 Å². The van der Waals surface area contributed by atoms with Gasteiger partial charge in [-0.2, -0.15) is 0 Å². The van der Waals surface area contributed by atoms with Gasteiger partial charge in [-0.15, -0.1) is 10.2 Å². The van der Waals surface area contributed by atoms with E-state index >= 15 is 0 Å². The Bertz CT molecular complexity index is 801. The van der Waals surface area contributed by atoms with E-state index < -0.39 is 4.92 Å². The van der Waals surface area contributed by atoms with Crippen molar-refractivity contribution in [2.24, 2.45) is 13.0 Å². The number of hydrogen-bond acceptors (Lipinski definition) is 6. The van der Waals surface area contributed by atoms with Crippen LogP contribution in [0.1, 0.15) is 42.5 Å². The minimum Gasteiger partial charge on any atom is -0.352 e. The van der Waals surface area contributed by atoms with Gasteiger partial charge >= 0.3 is 0 Å². The predicted molar refractivity (Wildman–Crippen MR) is 97.1 cm³/mol. The van der Waals surface area contributed by atoms with Crippen molar-refractivity contribution >= 4 is 23.4 Å². The molecule has 2 aromatic rings. The number of nitrogens with zero attached hydrogens (tertiary/aromatic N) is 4. The zero-order valence-electron chi connectivity index (χ0n) is 14.6. The second kappa shape index (κ2) is 8.31. The molecule has 1 fully saturated rings. The van der Waals surface area contributed by atoms with E-state index in [0.29, 0.717) is 28.1 Å². The highest BCUT2D eigenvalue weighted by molar-refractivity contribution is 7.99. The number of carbonyl (C=O) groups is 1. The third kappa shape index (κ3) is 4.40. The summed E-state index contributed by atoms with van der Waals surface area (Å²) < 4.78 is 1.68. The van der Waals surface area contributed by atoms with Gasteiger partial charge in [-0.25, -0.2) is 0 Å². The first-order chi connectivity index (χ1) is 12.5. The highest BCUT2D eigenvalue weighted by atomic mass is 32.2. The first-order valence-electron chi connectivity index (χ1n) is 8.63. The highest BCUT2D eigenvalue weighted by Gasteiger charge is 2.21. The van der Waals surface area contributed by atoms with E-state index in [1.807, 2.05) is 0 Å². The molecule has 1 aromatic carbocycles. The Morgan fingerprint density at radius 1 is 1.38 bits per heavy atom. The van der Waals surface area contributed by atoms with Crippen LogP contribution in [0, 0.1) is 16.0 Å². The Hall–Kier alpha value is -2.42. The fourth-order valence-corrected chi connectivity index (χ4v) is 3.93. The molecule has 0 aliphatic heterocycles. The monoisotopic (exact) mass is 375 g/mol. The summed E-state index contributed by atoms with van der Waals surface area (Å²) in [4.78, 5) is 23.8. The van der Waals surface area contributed by atoms with Crippen LogP contribution >= 0.6 is 11.8 Å². The van der Waals surface area contributed by atoms with E-state index in [0.717, 1.165) is 24.6 Å². The molecule has 8 nitrogen and oxygen atoms in total. The third-order valence-electron chi connectivity index (χ3n) is 4.56. The van der Waals surface area contributed by atoms with Gasteiger partial charge in [-0.05, 0) is 42.7 Å². The lowest BCUT2D eigenvalue weighted by Crippen LogP contribution is -2.30. The van der Waals surface area contributed by atoms with Crippen molar-refractivity contribution in [1.29, 1.82) is 0 Å². The van der Waals surface area contributed by atoms with Gasteiger partial charge in [0.25, 0.3) is 11.6 Å². The summed E-state index contributed by atoms with van der Waals surface area (Å²) in [5.41, 5.74) is 0.193. The van der Waals surface area contributed by atoms with E-state index in [9.17, 15) is 14.9 Å². The number of nitro groups is 1. The number of aromatic nitrogens is 3. The largest absolute Gasteiger partial charge is 0.352 e. The van der Waals surface area contributed by atoms with Crippen molar-refractivity contribution in [2.75, 3.05) is 6.54 Å². The van der Waals surface area contributed by atoms with Crippen LogP contribution in [-0.4, -0.2) is 32.1 Å². The zero-order chi connectivity index (χ0) is 18.5. The average Bonchev–Trinajstić information content (AvgIpc) is 3.05. The van der Waals surface area contributed by atoms with Crippen LogP contribution in [0.4, 0.5) is 5.69 Å². The Labute approximate surface area is 155 Å². The average molecular weight is 375 g/mol. The molecule has 1 N–H and O–H groups in total. The van der Waals surface area contributed by atoms with E-state index in [4.69, 9.17) is 0 Å². The molecule has 3 rings (SSSR count). The Balaban J connectivity index is 1.71. The molecule has 1 amide bonds. The smallest absolute Gasteiger partial charge is 0.284 e. The molecule has 138 valence electrons. The Morgan fingerprint density at radius 2 is 2.15 bits per heavy atom. The number of amides is 1. The van der Waals surface area contributed by atoms with Gasteiger partial charge < -0.3 is 9.88 Å². The Kier molecular flexibility index (Phi) is 5.87. The molecule has 0 spiro atoms. The van der Waals surface area contributed by atoms with Gasteiger partial charge in [0.2, 0.25) is 0 Å². The first-order valence-corrected chi connectivity index (χ1v) is 9.44. The van der Waals surface area contributed by atoms with E-state index in [2.05, 4.69) is 15.5 Å². The molecule has 26 heavy (non-hydrogen) atoms. The highest BCUT2D eigenvalue weighted by Crippen LogP contribution is 2.34. The standard InChI is InChI=1S/C17H21N5O3S/c1-21-11-19-20-17(21)26-15-8-7-13(9-14(15)22(24)25)16(23)18-10-12-5-3-2-4-6-12/h7-9,11-12H,2-6,10H2,1H3,(H,18,23). The summed E-state index contributed by atoms with van der Waals surface area (Å²) in [6.07, 6.45) is 7.48. The van der Waals surface area contributed by atoms with Crippen molar-refractivity contribution in [1.82, 2.24) is 20.1 Å². The maximum atomic E-state index is 12.4. The Morgan fingerprint density at radius 3 is 2.81 bits per heavy atom. The van der Waals surface area contributed by atoms with Crippen LogP contribution in [-0.2, 0) is 7.05 Å². The molecule has 1 aliphatic rings. The summed E-state index contributed by atoms with van der Waals surface area (Å²) in [6, 6.07) is 4.53. The molecule has 0 atom stereocenters. The number of nitrogens with one attached hydrogen (secondary N) is 1. The van der Waals surface area contributed by atoms with Gasteiger partial charge in [0, 0.05) is 25.2 Å². The molecule has 0 saturated heterocycles. The van der Waals surface area contributed by atoms with Crippen LogP contribution in [0.15, 0.2) is 34.6 Å². The number of nitro benzene ring substituents is 1. The number of benzene rings is 1. The number of hydrogen-bond donors (Lipinski definition) is 1. The lowest BCUT2D eigenvalue weighted by molar-refractivity contribution is -0.387. The number of aryl methyl sites for hydroxylation is 1. The van der Waals surface area contributed by atoms with Crippen LogP contribution in [0.2, 0.25) is 0 Å². The number of rotatable bonds is 6. The lowest BCUT2D eigenvalue weighted by Gasteiger charge is -2.21. The summed E-state index contributed by atoms with van der Waals surface area (Å²) in [7, 11) is 1.77. The topological polar surface area (TPSA) is 103 Å². The first kappa shape index (κ1) is 18.4. The summed E-state index contributed by atoms with van der Waals surface area (Å²) in [5, 5.41) is 22.6. The molecule has 0 unspecified atom stereocenters. The molecule has 1 aromatic heterocycles.